The molecule has 2 saturated carbocycles. The molecule has 2 aliphatic carbocycles. The van der Waals surface area contributed by atoms with E-state index >= 15 is 0 Å². The quantitative estimate of drug-likeness (QED) is 0.750. The van der Waals surface area contributed by atoms with Gasteiger partial charge in [-0.05, 0) is 31.1 Å². The topological polar surface area (TPSA) is 26.0 Å². The molecule has 2 fully saturated rings. The van der Waals surface area contributed by atoms with E-state index in [-0.39, 0.29) is 5.54 Å². The minimum Gasteiger partial charge on any atom is -0.325 e. The van der Waals surface area contributed by atoms with Gasteiger partial charge in [0.1, 0.15) is 0 Å². The van der Waals surface area contributed by atoms with Crippen LogP contribution in [-0.2, 0) is 0 Å². The Hall–Kier alpha value is -0.0400. The molecule has 0 aromatic carbocycles. The Morgan fingerprint density at radius 3 is 2.40 bits per heavy atom. The van der Waals surface area contributed by atoms with Gasteiger partial charge in [-0.25, -0.2) is 0 Å². The Balaban J connectivity index is 1.95. The van der Waals surface area contributed by atoms with E-state index in [1.807, 2.05) is 0 Å². The van der Waals surface area contributed by atoms with Crippen LogP contribution in [0.15, 0.2) is 0 Å². The molecule has 2 atom stereocenters. The average molecular weight is 209 g/mol. The second-order valence-corrected chi connectivity index (χ2v) is 5.94. The maximum Gasteiger partial charge on any atom is 0.0185 e. The zero-order valence-electron chi connectivity index (χ0n) is 10.3. The van der Waals surface area contributed by atoms with E-state index in [1.165, 1.54) is 64.2 Å². The zero-order valence-corrected chi connectivity index (χ0v) is 10.3. The SMILES string of the molecule is CCC1CCCCC1(N)CC1CCCC1. The van der Waals surface area contributed by atoms with Crippen LogP contribution in [0.25, 0.3) is 0 Å². The third-order valence-electron chi connectivity index (χ3n) is 4.89. The first-order chi connectivity index (χ1) is 7.24. The fourth-order valence-corrected chi connectivity index (χ4v) is 3.97. The summed E-state index contributed by atoms with van der Waals surface area (Å²) >= 11 is 0. The van der Waals surface area contributed by atoms with Crippen molar-refractivity contribution in [1.82, 2.24) is 0 Å². The van der Waals surface area contributed by atoms with E-state index in [2.05, 4.69) is 6.92 Å². The van der Waals surface area contributed by atoms with Crippen LogP contribution >= 0.6 is 0 Å². The first kappa shape index (κ1) is 11.4. The highest BCUT2D eigenvalue weighted by atomic mass is 14.8. The highest BCUT2D eigenvalue weighted by molar-refractivity contribution is 4.95. The minimum absolute atomic E-state index is 0.210. The van der Waals surface area contributed by atoms with Crippen LogP contribution in [0.3, 0.4) is 0 Å². The lowest BCUT2D eigenvalue weighted by Gasteiger charge is -2.42. The molecule has 1 heteroatoms. The lowest BCUT2D eigenvalue weighted by molar-refractivity contribution is 0.148. The highest BCUT2D eigenvalue weighted by Gasteiger charge is 2.38. The Morgan fingerprint density at radius 2 is 1.73 bits per heavy atom. The third kappa shape index (κ3) is 2.55. The van der Waals surface area contributed by atoms with Crippen molar-refractivity contribution in [2.45, 2.75) is 76.7 Å². The van der Waals surface area contributed by atoms with E-state index < -0.39 is 0 Å². The van der Waals surface area contributed by atoms with Crippen molar-refractivity contribution >= 4 is 0 Å². The maximum atomic E-state index is 6.69. The molecule has 2 unspecified atom stereocenters. The van der Waals surface area contributed by atoms with Gasteiger partial charge < -0.3 is 5.73 Å². The van der Waals surface area contributed by atoms with E-state index in [0.717, 1.165) is 11.8 Å². The molecule has 0 amide bonds. The fraction of sp³-hybridized carbons (Fsp3) is 1.00. The molecule has 0 bridgehead atoms. The van der Waals surface area contributed by atoms with Gasteiger partial charge in [0, 0.05) is 5.54 Å². The Morgan fingerprint density at radius 1 is 1.07 bits per heavy atom. The van der Waals surface area contributed by atoms with Gasteiger partial charge in [-0.1, -0.05) is 51.9 Å². The van der Waals surface area contributed by atoms with E-state index in [4.69, 9.17) is 5.73 Å². The van der Waals surface area contributed by atoms with Crippen molar-refractivity contribution in [2.75, 3.05) is 0 Å². The van der Waals surface area contributed by atoms with Crippen LogP contribution in [-0.4, -0.2) is 5.54 Å². The van der Waals surface area contributed by atoms with Crippen molar-refractivity contribution in [3.05, 3.63) is 0 Å². The lowest BCUT2D eigenvalue weighted by atomic mass is 9.68. The van der Waals surface area contributed by atoms with E-state index in [1.54, 1.807) is 0 Å². The Kier molecular flexibility index (Phi) is 3.71. The summed E-state index contributed by atoms with van der Waals surface area (Å²) in [5.74, 6) is 1.77. The van der Waals surface area contributed by atoms with Crippen LogP contribution < -0.4 is 5.73 Å². The summed E-state index contributed by atoms with van der Waals surface area (Å²) in [6.45, 7) is 2.33. The Labute approximate surface area is 94.8 Å². The molecular formula is C14H27N. The van der Waals surface area contributed by atoms with Gasteiger partial charge in [-0.15, -0.1) is 0 Å². The number of hydrogen-bond acceptors (Lipinski definition) is 1. The molecule has 2 rings (SSSR count). The van der Waals surface area contributed by atoms with Crippen molar-refractivity contribution in [3.8, 4) is 0 Å². The molecule has 88 valence electrons. The number of rotatable bonds is 3. The van der Waals surface area contributed by atoms with Crippen LogP contribution in [0, 0.1) is 11.8 Å². The second-order valence-electron chi connectivity index (χ2n) is 5.94. The predicted octanol–water partition coefficient (Wildman–Crippen LogP) is 3.86. The molecule has 1 nitrogen and oxygen atoms in total. The molecule has 0 saturated heterocycles. The smallest absolute Gasteiger partial charge is 0.0185 e. The first-order valence-electron chi connectivity index (χ1n) is 7.03. The van der Waals surface area contributed by atoms with Gasteiger partial charge in [0.05, 0.1) is 0 Å². The zero-order chi connectivity index (χ0) is 10.7. The van der Waals surface area contributed by atoms with Gasteiger partial charge in [-0.2, -0.15) is 0 Å². The lowest BCUT2D eigenvalue weighted by Crippen LogP contribution is -2.50. The number of nitrogens with two attached hydrogens (primary N) is 1. The molecule has 15 heavy (non-hydrogen) atoms. The van der Waals surface area contributed by atoms with Crippen molar-refractivity contribution in [2.24, 2.45) is 17.6 Å². The number of hydrogen-bond donors (Lipinski definition) is 1. The fourth-order valence-electron chi connectivity index (χ4n) is 3.97. The molecule has 0 aromatic rings. The van der Waals surface area contributed by atoms with Crippen molar-refractivity contribution in [3.63, 3.8) is 0 Å². The monoisotopic (exact) mass is 209 g/mol. The van der Waals surface area contributed by atoms with E-state index in [0.29, 0.717) is 0 Å². The molecule has 0 radical (unpaired) electrons. The minimum atomic E-state index is 0.210. The highest BCUT2D eigenvalue weighted by Crippen LogP contribution is 2.41. The molecule has 0 heterocycles. The van der Waals surface area contributed by atoms with E-state index in [9.17, 15) is 0 Å². The summed E-state index contributed by atoms with van der Waals surface area (Å²) in [4.78, 5) is 0. The van der Waals surface area contributed by atoms with Crippen LogP contribution in [0.2, 0.25) is 0 Å². The molecule has 0 spiro atoms. The van der Waals surface area contributed by atoms with Gasteiger partial charge in [0.25, 0.3) is 0 Å². The normalized spacial score (nSPS) is 38.4. The first-order valence-corrected chi connectivity index (χ1v) is 7.03. The summed E-state index contributed by atoms with van der Waals surface area (Å²) in [6, 6.07) is 0. The van der Waals surface area contributed by atoms with Gasteiger partial charge in [0.2, 0.25) is 0 Å². The summed E-state index contributed by atoms with van der Waals surface area (Å²) in [6.07, 6.45) is 13.9. The summed E-state index contributed by atoms with van der Waals surface area (Å²) in [5, 5.41) is 0. The van der Waals surface area contributed by atoms with Crippen LogP contribution in [0.5, 0.6) is 0 Å². The second kappa shape index (κ2) is 4.86. The Bertz CT molecular complexity index is 196. The van der Waals surface area contributed by atoms with Crippen LogP contribution in [0.1, 0.15) is 71.1 Å². The molecule has 2 N–H and O–H groups in total. The van der Waals surface area contributed by atoms with Gasteiger partial charge >= 0.3 is 0 Å². The van der Waals surface area contributed by atoms with Crippen molar-refractivity contribution in [1.29, 1.82) is 0 Å². The summed E-state index contributed by atoms with van der Waals surface area (Å²) in [7, 11) is 0. The maximum absolute atomic E-state index is 6.69. The third-order valence-corrected chi connectivity index (χ3v) is 4.89. The molecule has 2 aliphatic rings. The average Bonchev–Trinajstić information content (AvgIpc) is 2.70. The van der Waals surface area contributed by atoms with Gasteiger partial charge in [0.15, 0.2) is 0 Å². The predicted molar refractivity (Wildman–Crippen MR) is 65.7 cm³/mol. The van der Waals surface area contributed by atoms with Crippen molar-refractivity contribution < 1.29 is 0 Å². The standard InChI is InChI=1S/C14H27N/c1-2-13-9-5-6-10-14(13,15)11-12-7-3-4-8-12/h12-13H,2-11,15H2,1H3. The molecule has 0 aliphatic heterocycles. The summed E-state index contributed by atoms with van der Waals surface area (Å²) < 4.78 is 0. The van der Waals surface area contributed by atoms with Gasteiger partial charge in [-0.3, -0.25) is 0 Å². The largest absolute Gasteiger partial charge is 0.325 e. The summed E-state index contributed by atoms with van der Waals surface area (Å²) in [5.41, 5.74) is 6.90. The molecular weight excluding hydrogens is 182 g/mol. The molecule has 0 aromatic heterocycles. The van der Waals surface area contributed by atoms with Crippen LogP contribution in [0.4, 0.5) is 0 Å².